The topological polar surface area (TPSA) is 67.4 Å². The molecule has 4 rings (SSSR count). The molecule has 0 aromatic heterocycles. The number of aryl methyl sites for hydroxylation is 1. The van der Waals surface area contributed by atoms with Crippen LogP contribution in [0.3, 0.4) is 0 Å². The van der Waals surface area contributed by atoms with Crippen molar-refractivity contribution in [3.8, 4) is 5.75 Å². The molecule has 5 heteroatoms. The van der Waals surface area contributed by atoms with Gasteiger partial charge in [-0.3, -0.25) is 9.59 Å². The minimum Gasteiger partial charge on any atom is -0.495 e. The second kappa shape index (κ2) is 8.19. The van der Waals surface area contributed by atoms with E-state index in [0.29, 0.717) is 23.4 Å². The van der Waals surface area contributed by atoms with E-state index < -0.39 is 0 Å². The summed E-state index contributed by atoms with van der Waals surface area (Å²) in [4.78, 5) is 26.4. The number of rotatable bonds is 4. The smallest absolute Gasteiger partial charge is 0.254 e. The van der Waals surface area contributed by atoms with Crippen LogP contribution in [0.25, 0.3) is 0 Å². The highest BCUT2D eigenvalue weighted by Gasteiger charge is 2.38. The Morgan fingerprint density at radius 2 is 1.80 bits per heavy atom. The van der Waals surface area contributed by atoms with Gasteiger partial charge in [-0.1, -0.05) is 42.0 Å². The van der Waals surface area contributed by atoms with Crippen molar-refractivity contribution in [2.75, 3.05) is 12.4 Å². The van der Waals surface area contributed by atoms with Crippen LogP contribution in [0, 0.1) is 6.92 Å². The number of dihydropyridines is 1. The van der Waals surface area contributed by atoms with E-state index in [4.69, 9.17) is 4.74 Å². The first-order chi connectivity index (χ1) is 14.5. The van der Waals surface area contributed by atoms with E-state index in [2.05, 4.69) is 10.6 Å². The highest BCUT2D eigenvalue weighted by molar-refractivity contribution is 6.10. The van der Waals surface area contributed by atoms with E-state index in [1.807, 2.05) is 50.2 Å². The summed E-state index contributed by atoms with van der Waals surface area (Å²) < 4.78 is 5.38. The Morgan fingerprint density at radius 1 is 1.07 bits per heavy atom. The SMILES string of the molecule is COc1ccccc1NC(=O)C1=C(C)NC2=C(C(=O)CCC2)[C@@H]1c1ccc(C)cc1. The first kappa shape index (κ1) is 20.0. The number of allylic oxidation sites excluding steroid dienone is 3. The number of para-hydroxylation sites is 2. The Balaban J connectivity index is 1.78. The molecule has 1 atom stereocenters. The maximum atomic E-state index is 13.5. The summed E-state index contributed by atoms with van der Waals surface area (Å²) in [6, 6.07) is 15.4. The number of benzene rings is 2. The normalized spacial score (nSPS) is 18.6. The highest BCUT2D eigenvalue weighted by Crippen LogP contribution is 2.42. The molecule has 2 N–H and O–H groups in total. The van der Waals surface area contributed by atoms with Crippen LogP contribution >= 0.6 is 0 Å². The number of carbonyl (C=O) groups is 2. The molecule has 1 amide bonds. The third-order valence-electron chi connectivity index (χ3n) is 5.79. The van der Waals surface area contributed by atoms with Gasteiger partial charge in [-0.15, -0.1) is 0 Å². The van der Waals surface area contributed by atoms with E-state index in [0.717, 1.165) is 40.9 Å². The summed E-state index contributed by atoms with van der Waals surface area (Å²) in [5.74, 6) is 0.0853. The number of ketones is 1. The lowest BCUT2D eigenvalue weighted by molar-refractivity contribution is -0.116. The lowest BCUT2D eigenvalue weighted by Gasteiger charge is -2.34. The average Bonchev–Trinajstić information content (AvgIpc) is 2.74. The van der Waals surface area contributed by atoms with Gasteiger partial charge in [0.15, 0.2) is 5.78 Å². The minimum absolute atomic E-state index is 0.115. The minimum atomic E-state index is -0.385. The van der Waals surface area contributed by atoms with Gasteiger partial charge in [0.1, 0.15) is 5.75 Å². The number of carbonyl (C=O) groups excluding carboxylic acids is 2. The third-order valence-corrected chi connectivity index (χ3v) is 5.79. The predicted molar refractivity (Wildman–Crippen MR) is 117 cm³/mol. The standard InChI is InChI=1S/C25H26N2O3/c1-15-11-13-17(14-12-15)23-22(16(2)26-19-8-6-9-20(28)24(19)23)25(29)27-18-7-4-5-10-21(18)30-3/h4-5,7,10-14,23,26H,6,8-9H2,1-3H3,(H,27,29)/t23-/m1/s1. The number of amides is 1. The maximum absolute atomic E-state index is 13.5. The highest BCUT2D eigenvalue weighted by atomic mass is 16.5. The molecule has 2 aromatic rings. The van der Waals surface area contributed by atoms with Crippen LogP contribution < -0.4 is 15.4 Å². The van der Waals surface area contributed by atoms with E-state index in [-0.39, 0.29) is 17.6 Å². The van der Waals surface area contributed by atoms with Crippen molar-refractivity contribution in [3.05, 3.63) is 82.2 Å². The van der Waals surface area contributed by atoms with Crippen molar-refractivity contribution < 1.29 is 14.3 Å². The Hall–Kier alpha value is -3.34. The van der Waals surface area contributed by atoms with Gasteiger partial charge < -0.3 is 15.4 Å². The molecule has 2 aromatic carbocycles. The maximum Gasteiger partial charge on any atom is 0.254 e. The molecule has 5 nitrogen and oxygen atoms in total. The molecular weight excluding hydrogens is 376 g/mol. The zero-order valence-electron chi connectivity index (χ0n) is 17.5. The molecule has 30 heavy (non-hydrogen) atoms. The molecule has 0 saturated heterocycles. The molecule has 154 valence electrons. The third kappa shape index (κ3) is 3.63. The number of nitrogens with one attached hydrogen (secondary N) is 2. The Bertz CT molecular complexity index is 1060. The Kier molecular flexibility index (Phi) is 5.44. The van der Waals surface area contributed by atoms with Gasteiger partial charge in [0.05, 0.1) is 12.8 Å². The molecule has 1 heterocycles. The van der Waals surface area contributed by atoms with Crippen molar-refractivity contribution in [2.24, 2.45) is 0 Å². The summed E-state index contributed by atoms with van der Waals surface area (Å²) in [7, 11) is 1.57. The Labute approximate surface area is 176 Å². The van der Waals surface area contributed by atoms with Gasteiger partial charge in [-0.2, -0.15) is 0 Å². The summed E-state index contributed by atoms with van der Waals surface area (Å²) in [5, 5.41) is 6.34. The monoisotopic (exact) mass is 402 g/mol. The van der Waals surface area contributed by atoms with Gasteiger partial charge in [-0.25, -0.2) is 0 Å². The van der Waals surface area contributed by atoms with Crippen LogP contribution in [0.1, 0.15) is 43.2 Å². The van der Waals surface area contributed by atoms with Crippen LogP contribution in [0.5, 0.6) is 5.75 Å². The summed E-state index contributed by atoms with van der Waals surface area (Å²) in [6.45, 7) is 3.93. The van der Waals surface area contributed by atoms with Crippen molar-refractivity contribution in [2.45, 2.75) is 39.0 Å². The van der Waals surface area contributed by atoms with Crippen molar-refractivity contribution >= 4 is 17.4 Å². The number of hydrogen-bond acceptors (Lipinski definition) is 4. The molecule has 0 unspecified atom stereocenters. The number of methoxy groups -OCH3 is 1. The van der Waals surface area contributed by atoms with Gasteiger partial charge in [-0.05, 0) is 44.4 Å². The molecule has 0 saturated carbocycles. The summed E-state index contributed by atoms with van der Waals surface area (Å²) >= 11 is 0. The lowest BCUT2D eigenvalue weighted by atomic mass is 9.75. The van der Waals surface area contributed by atoms with Crippen molar-refractivity contribution in [1.82, 2.24) is 5.32 Å². The van der Waals surface area contributed by atoms with E-state index >= 15 is 0 Å². The van der Waals surface area contributed by atoms with Gasteiger partial charge in [0.2, 0.25) is 0 Å². The molecule has 0 spiro atoms. The predicted octanol–water partition coefficient (Wildman–Crippen LogP) is 4.61. The summed E-state index contributed by atoms with van der Waals surface area (Å²) in [5.41, 5.74) is 5.71. The molecule has 2 aliphatic rings. The average molecular weight is 402 g/mol. The second-order valence-electron chi connectivity index (χ2n) is 7.83. The van der Waals surface area contributed by atoms with Crippen molar-refractivity contribution in [1.29, 1.82) is 0 Å². The molecule has 1 aliphatic heterocycles. The van der Waals surface area contributed by atoms with E-state index in [1.165, 1.54) is 0 Å². The zero-order chi connectivity index (χ0) is 21.3. The first-order valence-electron chi connectivity index (χ1n) is 10.2. The van der Waals surface area contributed by atoms with Crippen LogP contribution in [0.15, 0.2) is 71.1 Å². The van der Waals surface area contributed by atoms with Crippen LogP contribution in [-0.4, -0.2) is 18.8 Å². The fourth-order valence-electron chi connectivity index (χ4n) is 4.31. The number of anilines is 1. The van der Waals surface area contributed by atoms with E-state index in [9.17, 15) is 9.59 Å². The zero-order valence-corrected chi connectivity index (χ0v) is 17.5. The fourth-order valence-corrected chi connectivity index (χ4v) is 4.31. The molecule has 0 radical (unpaired) electrons. The van der Waals surface area contributed by atoms with Gasteiger partial charge in [0, 0.05) is 34.9 Å². The van der Waals surface area contributed by atoms with Gasteiger partial charge in [0.25, 0.3) is 5.91 Å². The van der Waals surface area contributed by atoms with Crippen LogP contribution in [0.4, 0.5) is 5.69 Å². The van der Waals surface area contributed by atoms with Crippen LogP contribution in [-0.2, 0) is 9.59 Å². The number of hydrogen-bond donors (Lipinski definition) is 2. The molecule has 0 fully saturated rings. The largest absolute Gasteiger partial charge is 0.495 e. The summed E-state index contributed by atoms with van der Waals surface area (Å²) in [6.07, 6.45) is 2.17. The number of ether oxygens (including phenoxy) is 1. The molecule has 0 bridgehead atoms. The Morgan fingerprint density at radius 3 is 2.53 bits per heavy atom. The number of Topliss-reactive ketones (excluding diaryl/α,β-unsaturated/α-hetero) is 1. The van der Waals surface area contributed by atoms with E-state index in [1.54, 1.807) is 19.2 Å². The lowest BCUT2D eigenvalue weighted by Crippen LogP contribution is -2.35. The molecular formula is C25H26N2O3. The fraction of sp³-hybridized carbons (Fsp3) is 0.280. The molecule has 1 aliphatic carbocycles. The van der Waals surface area contributed by atoms with Crippen molar-refractivity contribution in [3.63, 3.8) is 0 Å². The first-order valence-corrected chi connectivity index (χ1v) is 10.2. The second-order valence-corrected chi connectivity index (χ2v) is 7.83. The van der Waals surface area contributed by atoms with Crippen LogP contribution in [0.2, 0.25) is 0 Å². The van der Waals surface area contributed by atoms with Gasteiger partial charge >= 0.3 is 0 Å². The quantitative estimate of drug-likeness (QED) is 0.784.